The van der Waals surface area contributed by atoms with Crippen LogP contribution >= 0.6 is 0 Å². The molecule has 3 saturated carbocycles. The fourth-order valence-electron chi connectivity index (χ4n) is 15.6. The summed E-state index contributed by atoms with van der Waals surface area (Å²) in [5.74, 6) is -1.88. The van der Waals surface area contributed by atoms with Crippen LogP contribution in [0.1, 0.15) is 139 Å². The second kappa shape index (κ2) is 25.8. The summed E-state index contributed by atoms with van der Waals surface area (Å²) in [6, 6.07) is 9.33. The highest BCUT2D eigenvalue weighted by Gasteiger charge is 2.81. The van der Waals surface area contributed by atoms with Crippen LogP contribution in [0.15, 0.2) is 59.7 Å². The van der Waals surface area contributed by atoms with E-state index in [1.807, 2.05) is 57.2 Å². The van der Waals surface area contributed by atoms with Gasteiger partial charge in [0.05, 0.1) is 60.4 Å². The molecule has 0 amide bonds. The number of ether oxygens (including phenoxy) is 14. The van der Waals surface area contributed by atoms with Gasteiger partial charge in [0.25, 0.3) is 0 Å². The Morgan fingerprint density at radius 1 is 0.687 bits per heavy atom. The van der Waals surface area contributed by atoms with Gasteiger partial charge in [0.15, 0.2) is 25.2 Å². The Balaban J connectivity index is 0.831. The summed E-state index contributed by atoms with van der Waals surface area (Å²) in [6.45, 7) is 16.3. The molecule has 9 rings (SSSR count). The maximum atomic E-state index is 13.9. The Labute approximate surface area is 489 Å². The van der Waals surface area contributed by atoms with Crippen molar-refractivity contribution in [2.45, 2.75) is 266 Å². The summed E-state index contributed by atoms with van der Waals surface area (Å²) in [5.41, 5.74) is -5.78. The topological polar surface area (TPSA) is 244 Å². The summed E-state index contributed by atoms with van der Waals surface area (Å²) in [4.78, 5) is 27.1. The van der Waals surface area contributed by atoms with Crippen molar-refractivity contribution < 1.29 is 96.3 Å². The van der Waals surface area contributed by atoms with Gasteiger partial charge in [0.1, 0.15) is 53.4 Å². The molecule has 0 unspecified atom stereocenters. The van der Waals surface area contributed by atoms with E-state index in [1.54, 1.807) is 75.2 Å². The zero-order valence-corrected chi connectivity index (χ0v) is 50.8. The minimum absolute atomic E-state index is 0.0220. The average Bonchev–Trinajstić information content (AvgIpc) is 1.70. The van der Waals surface area contributed by atoms with E-state index in [2.05, 4.69) is 6.92 Å². The number of esters is 2. The smallest absolute Gasteiger partial charge is 0.333 e. The van der Waals surface area contributed by atoms with Crippen LogP contribution in [0.3, 0.4) is 0 Å². The fraction of sp³-hybridized carbons (Fsp3) is 0.778. The van der Waals surface area contributed by atoms with Crippen molar-refractivity contribution in [2.75, 3.05) is 28.4 Å². The Kier molecular flexibility index (Phi) is 20.0. The number of aliphatic hydroxyl groups excluding tert-OH is 1. The van der Waals surface area contributed by atoms with E-state index in [-0.39, 0.29) is 37.9 Å². The van der Waals surface area contributed by atoms with E-state index in [4.69, 9.17) is 66.3 Å². The lowest BCUT2D eigenvalue weighted by Gasteiger charge is -2.67. The standard InChI is InChI=1S/C63H94O20/c1-14-34(2)58(66)78-39(7)61(67)26-27-63(69)60(61,9)48(80-49(64)21-20-40-18-16-15-17-19-40)33-47-59(8)24-23-42(28-41(59)22-25-62(47,63)68)79-50-30-44(71-11)55(36(4)75-50)82-52-32-46(73-13)57(38(6)77-52)83-53-31-45(72-12)56(37(5)76-53)81-51-29-43(70-10)54(65)35(3)74-51/h14-22,35-39,42-48,50-57,65,67-69H,23-33H2,1-13H3/b21-20+,34-14+/t35-,36+,37+,38-,39+,42-,43+,44-,45-,46-,47+,48+,50-,51-,52-,53-,54-,55+,56+,57+,59-,60+,61+,62-,63+/m0/s1. The number of carbonyl (C=O) groups is 2. The molecule has 0 radical (unpaired) electrons. The number of methoxy groups -OCH3 is 4. The summed E-state index contributed by atoms with van der Waals surface area (Å²) < 4.78 is 87.9. The Bertz CT molecular complexity index is 2480. The molecular formula is C63H94O20. The van der Waals surface area contributed by atoms with Crippen molar-refractivity contribution in [1.82, 2.24) is 0 Å². The molecule has 4 N–H and O–H groups in total. The highest BCUT2D eigenvalue weighted by atomic mass is 16.8. The summed E-state index contributed by atoms with van der Waals surface area (Å²) >= 11 is 0. The average molecular weight is 1170 g/mol. The van der Waals surface area contributed by atoms with Gasteiger partial charge >= 0.3 is 11.9 Å². The molecule has 83 heavy (non-hydrogen) atoms. The number of aliphatic hydroxyl groups is 4. The second-order valence-corrected chi connectivity index (χ2v) is 25.2. The van der Waals surface area contributed by atoms with Crippen LogP contribution in [-0.2, 0) is 75.9 Å². The first-order valence-corrected chi connectivity index (χ1v) is 30.1. The number of fused-ring (bicyclic) bond motifs is 5. The van der Waals surface area contributed by atoms with E-state index in [0.29, 0.717) is 50.5 Å². The predicted octanol–water partition coefficient (Wildman–Crippen LogP) is 6.54. The van der Waals surface area contributed by atoms with Crippen LogP contribution in [0.4, 0.5) is 0 Å². The minimum Gasteiger partial charge on any atom is -0.458 e. The van der Waals surface area contributed by atoms with Crippen LogP contribution in [0.5, 0.6) is 0 Å². The van der Waals surface area contributed by atoms with Crippen LogP contribution in [-0.4, -0.2) is 194 Å². The lowest BCUT2D eigenvalue weighted by atomic mass is 9.42. The molecule has 0 bridgehead atoms. The monoisotopic (exact) mass is 1170 g/mol. The molecule has 4 heterocycles. The summed E-state index contributed by atoms with van der Waals surface area (Å²) in [7, 11) is 6.48. The van der Waals surface area contributed by atoms with Gasteiger partial charge in [0, 0.05) is 71.7 Å². The van der Waals surface area contributed by atoms with Crippen molar-refractivity contribution in [2.24, 2.45) is 16.7 Å². The van der Waals surface area contributed by atoms with Gasteiger partial charge in [-0.1, -0.05) is 61.9 Å². The van der Waals surface area contributed by atoms with E-state index in [9.17, 15) is 30.0 Å². The number of rotatable bonds is 18. The van der Waals surface area contributed by atoms with Crippen molar-refractivity contribution in [3.63, 3.8) is 0 Å². The Morgan fingerprint density at radius 2 is 1.19 bits per heavy atom. The van der Waals surface area contributed by atoms with Gasteiger partial charge in [-0.2, -0.15) is 0 Å². The number of hydrogen-bond donors (Lipinski definition) is 4. The Hall–Kier alpha value is -3.26. The third-order valence-corrected chi connectivity index (χ3v) is 20.8. The lowest BCUT2D eigenvalue weighted by Crippen LogP contribution is -2.78. The van der Waals surface area contributed by atoms with Crippen molar-refractivity contribution in [1.29, 1.82) is 0 Å². The molecule has 4 aliphatic carbocycles. The zero-order valence-electron chi connectivity index (χ0n) is 50.8. The van der Waals surface area contributed by atoms with E-state index < -0.39 is 150 Å². The third kappa shape index (κ3) is 12.1. The van der Waals surface area contributed by atoms with Crippen molar-refractivity contribution in [3.8, 4) is 0 Å². The molecular weight excluding hydrogens is 1080 g/mol. The van der Waals surface area contributed by atoms with Crippen LogP contribution in [0, 0.1) is 16.7 Å². The lowest BCUT2D eigenvalue weighted by molar-refractivity contribution is -0.347. The van der Waals surface area contributed by atoms with Crippen molar-refractivity contribution >= 4 is 18.0 Å². The van der Waals surface area contributed by atoms with Crippen LogP contribution in [0.25, 0.3) is 6.08 Å². The second-order valence-electron chi connectivity index (χ2n) is 25.2. The van der Waals surface area contributed by atoms with Gasteiger partial charge in [-0.25, -0.2) is 9.59 Å². The first-order chi connectivity index (χ1) is 39.4. The van der Waals surface area contributed by atoms with Crippen LogP contribution in [0.2, 0.25) is 0 Å². The zero-order chi connectivity index (χ0) is 60.0. The highest BCUT2D eigenvalue weighted by molar-refractivity contribution is 5.88. The Morgan fingerprint density at radius 3 is 1.71 bits per heavy atom. The van der Waals surface area contributed by atoms with E-state index in [1.165, 1.54) is 6.08 Å². The van der Waals surface area contributed by atoms with Gasteiger partial charge in [0.2, 0.25) is 0 Å². The van der Waals surface area contributed by atoms with Gasteiger partial charge in [-0.3, -0.25) is 0 Å². The molecule has 0 aromatic heterocycles. The van der Waals surface area contributed by atoms with Gasteiger partial charge < -0.3 is 86.7 Å². The maximum absolute atomic E-state index is 13.9. The first-order valence-electron chi connectivity index (χ1n) is 30.1. The molecule has 4 saturated heterocycles. The highest BCUT2D eigenvalue weighted by Crippen LogP contribution is 2.71. The maximum Gasteiger partial charge on any atom is 0.333 e. The summed E-state index contributed by atoms with van der Waals surface area (Å²) in [6.07, 6.45) is -0.756. The van der Waals surface area contributed by atoms with Gasteiger partial charge in [-0.15, -0.1) is 0 Å². The molecule has 20 heteroatoms. The molecule has 1 aromatic rings. The van der Waals surface area contributed by atoms with E-state index >= 15 is 0 Å². The SMILES string of the molecule is C/C=C(\C)C(=O)O[C@H](C)[C@]1(O)CC[C@@]2(O)[C@]1(C)[C@H](OC(=O)/C=C/c1ccccc1)C[C@@H]1[C@@]3(C)CC[C@H](O[C@H]4C[C@H](OC)[C@H](O[C@H]5C[C@H](OC)[C@H](O[C@H]6C[C@H](OC)[C@H](O[C@H]7C[C@@H](OC)[C@@H](O)[C@H](C)O7)[C@@H](C)O6)[C@H](C)O5)[C@@H](C)O4)CC3=CC[C@]12O. The minimum atomic E-state index is -1.98. The fourth-order valence-corrected chi connectivity index (χ4v) is 15.6. The van der Waals surface area contributed by atoms with Gasteiger partial charge in [-0.05, 0) is 110 Å². The molecule has 20 nitrogen and oxygen atoms in total. The van der Waals surface area contributed by atoms with E-state index in [0.717, 1.165) is 11.1 Å². The molecule has 8 aliphatic rings. The molecule has 25 atom stereocenters. The molecule has 0 spiro atoms. The number of benzene rings is 1. The number of carbonyl (C=O) groups excluding carboxylic acids is 2. The largest absolute Gasteiger partial charge is 0.458 e. The normalized spacial score (nSPS) is 46.1. The number of hydrogen-bond acceptors (Lipinski definition) is 20. The first kappa shape index (κ1) is 64.2. The van der Waals surface area contributed by atoms with Crippen molar-refractivity contribution in [3.05, 3.63) is 65.3 Å². The molecule has 7 fully saturated rings. The summed E-state index contributed by atoms with van der Waals surface area (Å²) in [5, 5.41) is 50.1. The third-order valence-electron chi connectivity index (χ3n) is 20.8. The van der Waals surface area contributed by atoms with Crippen LogP contribution < -0.4 is 0 Å². The molecule has 466 valence electrons. The number of allylic oxidation sites excluding steroid dienone is 1. The predicted molar refractivity (Wildman–Crippen MR) is 300 cm³/mol. The molecule has 1 aromatic carbocycles. The quantitative estimate of drug-likeness (QED) is 0.0692. The molecule has 4 aliphatic heterocycles.